The second-order valence-electron chi connectivity index (χ2n) is 7.57. The van der Waals surface area contributed by atoms with Gasteiger partial charge in [0.15, 0.2) is 17.3 Å². The lowest BCUT2D eigenvalue weighted by Crippen LogP contribution is -2.41. The summed E-state index contributed by atoms with van der Waals surface area (Å²) in [6.07, 6.45) is 0.788. The van der Waals surface area contributed by atoms with Crippen molar-refractivity contribution >= 4 is 23.4 Å². The number of hydrogen-bond donors (Lipinski definition) is 1. The summed E-state index contributed by atoms with van der Waals surface area (Å²) in [5.74, 6) is 0.443. The van der Waals surface area contributed by atoms with E-state index in [9.17, 15) is 14.0 Å². The number of amides is 2. The Morgan fingerprint density at radius 1 is 1.17 bits per heavy atom. The molecule has 1 aliphatic rings. The van der Waals surface area contributed by atoms with Crippen LogP contribution >= 0.6 is 0 Å². The minimum absolute atomic E-state index is 0.148. The SMILES string of the molecule is CCC1OC(=O)N(Cc2ccc(NC(=O)c3ccco3)cc2)N=C1c1ccc(OC)c(OCF)c1. The molecule has 0 saturated carbocycles. The van der Waals surface area contributed by atoms with E-state index in [4.69, 9.17) is 18.6 Å². The van der Waals surface area contributed by atoms with E-state index in [0.717, 1.165) is 5.56 Å². The van der Waals surface area contributed by atoms with Crippen molar-refractivity contribution in [2.24, 2.45) is 5.10 Å². The number of cyclic esters (lactones) is 1. The molecule has 3 aromatic rings. The number of hydrogen-bond acceptors (Lipinski definition) is 7. The molecule has 4 rings (SSSR count). The maximum absolute atomic E-state index is 12.8. The molecule has 1 unspecified atom stereocenters. The number of ether oxygens (including phenoxy) is 3. The molecule has 0 spiro atoms. The highest BCUT2D eigenvalue weighted by Gasteiger charge is 2.31. The zero-order valence-electron chi connectivity index (χ0n) is 19.2. The van der Waals surface area contributed by atoms with E-state index in [1.807, 2.05) is 6.92 Å². The van der Waals surface area contributed by atoms with Gasteiger partial charge >= 0.3 is 6.09 Å². The number of furan rings is 1. The molecule has 1 N–H and O–H groups in total. The van der Waals surface area contributed by atoms with E-state index in [2.05, 4.69) is 10.4 Å². The zero-order valence-corrected chi connectivity index (χ0v) is 19.2. The molecule has 1 atom stereocenters. The summed E-state index contributed by atoms with van der Waals surface area (Å²) in [5.41, 5.74) is 2.48. The number of anilines is 1. The van der Waals surface area contributed by atoms with Gasteiger partial charge in [0.1, 0.15) is 11.8 Å². The molecular formula is C25H24FN3O6. The van der Waals surface area contributed by atoms with Crippen molar-refractivity contribution in [2.45, 2.75) is 26.0 Å². The van der Waals surface area contributed by atoms with Crippen LogP contribution in [0.5, 0.6) is 11.5 Å². The molecule has 1 aromatic heterocycles. The van der Waals surface area contributed by atoms with Gasteiger partial charge in [0.05, 0.1) is 19.9 Å². The van der Waals surface area contributed by atoms with E-state index in [-0.39, 0.29) is 24.0 Å². The fraction of sp³-hybridized carbons (Fsp3) is 0.240. The van der Waals surface area contributed by atoms with Crippen molar-refractivity contribution in [3.63, 3.8) is 0 Å². The Kier molecular flexibility index (Phi) is 7.30. The summed E-state index contributed by atoms with van der Waals surface area (Å²) in [6, 6.07) is 15.2. The molecule has 0 saturated heterocycles. The lowest BCUT2D eigenvalue weighted by atomic mass is 10.0. The van der Waals surface area contributed by atoms with Crippen LogP contribution in [0.15, 0.2) is 70.4 Å². The van der Waals surface area contributed by atoms with Crippen molar-refractivity contribution in [3.05, 3.63) is 77.7 Å². The fourth-order valence-electron chi connectivity index (χ4n) is 3.57. The fourth-order valence-corrected chi connectivity index (χ4v) is 3.57. The number of carbonyl (C=O) groups excluding carboxylic acids is 2. The summed E-state index contributed by atoms with van der Waals surface area (Å²) in [4.78, 5) is 24.7. The van der Waals surface area contributed by atoms with E-state index in [1.165, 1.54) is 18.4 Å². The van der Waals surface area contributed by atoms with Gasteiger partial charge in [0.25, 0.3) is 5.91 Å². The molecule has 0 fully saturated rings. The number of carbonyl (C=O) groups is 2. The molecule has 0 radical (unpaired) electrons. The smallest absolute Gasteiger partial charge is 0.431 e. The maximum Gasteiger partial charge on any atom is 0.431 e. The molecular weight excluding hydrogens is 457 g/mol. The predicted molar refractivity (Wildman–Crippen MR) is 125 cm³/mol. The zero-order chi connectivity index (χ0) is 24.8. The van der Waals surface area contributed by atoms with Crippen molar-refractivity contribution in [1.29, 1.82) is 0 Å². The molecule has 2 amide bonds. The third-order valence-electron chi connectivity index (χ3n) is 5.32. The standard InChI is InChI=1S/C25H24FN3O6/c1-3-19-23(17-8-11-20(32-2)22(13-17)34-15-26)28-29(25(31)35-19)14-16-6-9-18(10-7-16)27-24(30)21-5-4-12-33-21/h4-13,19H,3,14-15H2,1-2H3,(H,27,30). The average Bonchev–Trinajstić information content (AvgIpc) is 3.42. The second kappa shape index (κ2) is 10.7. The Bertz CT molecular complexity index is 1210. The van der Waals surface area contributed by atoms with E-state index in [1.54, 1.807) is 54.6 Å². The van der Waals surface area contributed by atoms with Gasteiger partial charge in [0, 0.05) is 11.3 Å². The normalized spacial score (nSPS) is 15.3. The van der Waals surface area contributed by atoms with Gasteiger partial charge in [-0.3, -0.25) is 4.79 Å². The number of alkyl halides is 1. The molecule has 2 heterocycles. The molecule has 9 nitrogen and oxygen atoms in total. The van der Waals surface area contributed by atoms with Gasteiger partial charge in [-0.05, 0) is 54.4 Å². The van der Waals surface area contributed by atoms with Gasteiger partial charge in [0.2, 0.25) is 6.86 Å². The van der Waals surface area contributed by atoms with Crippen molar-refractivity contribution < 1.29 is 32.6 Å². The summed E-state index contributed by atoms with van der Waals surface area (Å²) < 4.78 is 33.7. The summed E-state index contributed by atoms with van der Waals surface area (Å²) in [5, 5.41) is 8.50. The van der Waals surface area contributed by atoms with Crippen LogP contribution in [0.2, 0.25) is 0 Å². The van der Waals surface area contributed by atoms with Crippen LogP contribution in [0.25, 0.3) is 0 Å². The van der Waals surface area contributed by atoms with Crippen molar-refractivity contribution in [3.8, 4) is 11.5 Å². The van der Waals surface area contributed by atoms with Crippen LogP contribution in [0.4, 0.5) is 14.9 Å². The van der Waals surface area contributed by atoms with Crippen molar-refractivity contribution in [2.75, 3.05) is 19.3 Å². The highest BCUT2D eigenvalue weighted by molar-refractivity contribution is 6.06. The van der Waals surface area contributed by atoms with Crippen LogP contribution in [0.1, 0.15) is 35.0 Å². The number of rotatable bonds is 9. The Morgan fingerprint density at radius 2 is 1.97 bits per heavy atom. The lowest BCUT2D eigenvalue weighted by molar-refractivity contribution is 0.0712. The second-order valence-corrected chi connectivity index (χ2v) is 7.57. The molecule has 0 aliphatic carbocycles. The van der Waals surface area contributed by atoms with Crippen LogP contribution in [0.3, 0.4) is 0 Å². The van der Waals surface area contributed by atoms with Gasteiger partial charge < -0.3 is 23.9 Å². The van der Waals surface area contributed by atoms with Crippen LogP contribution < -0.4 is 14.8 Å². The van der Waals surface area contributed by atoms with E-state index < -0.39 is 19.1 Å². The molecule has 10 heteroatoms. The first-order valence-corrected chi connectivity index (χ1v) is 10.9. The monoisotopic (exact) mass is 481 g/mol. The molecule has 35 heavy (non-hydrogen) atoms. The summed E-state index contributed by atoms with van der Waals surface area (Å²) in [7, 11) is 1.46. The lowest BCUT2D eigenvalue weighted by Gasteiger charge is -2.29. The largest absolute Gasteiger partial charge is 0.493 e. The topological polar surface area (TPSA) is 103 Å². The number of methoxy groups -OCH3 is 1. The summed E-state index contributed by atoms with van der Waals surface area (Å²) >= 11 is 0. The molecule has 0 bridgehead atoms. The first-order valence-electron chi connectivity index (χ1n) is 10.9. The van der Waals surface area contributed by atoms with Crippen LogP contribution in [0, 0.1) is 0 Å². The molecule has 182 valence electrons. The highest BCUT2D eigenvalue weighted by Crippen LogP contribution is 2.30. The van der Waals surface area contributed by atoms with E-state index >= 15 is 0 Å². The number of halogens is 1. The molecule has 2 aromatic carbocycles. The average molecular weight is 481 g/mol. The van der Waals surface area contributed by atoms with Gasteiger partial charge in [-0.1, -0.05) is 19.1 Å². The number of nitrogens with zero attached hydrogens (tertiary/aromatic N) is 2. The predicted octanol–water partition coefficient (Wildman–Crippen LogP) is 4.98. The summed E-state index contributed by atoms with van der Waals surface area (Å²) in [6.45, 7) is 1.01. The van der Waals surface area contributed by atoms with Gasteiger partial charge in [-0.2, -0.15) is 10.1 Å². The molecule has 1 aliphatic heterocycles. The Labute approximate surface area is 201 Å². The minimum atomic E-state index is -1.01. The first kappa shape index (κ1) is 23.8. The number of benzene rings is 2. The third kappa shape index (κ3) is 5.43. The maximum atomic E-state index is 12.8. The number of hydrazone groups is 1. The van der Waals surface area contributed by atoms with E-state index in [0.29, 0.717) is 29.1 Å². The van der Waals surface area contributed by atoms with Crippen molar-refractivity contribution in [1.82, 2.24) is 5.01 Å². The van der Waals surface area contributed by atoms with Gasteiger partial charge in [-0.25, -0.2) is 9.18 Å². The van der Waals surface area contributed by atoms with Gasteiger partial charge in [-0.15, -0.1) is 0 Å². The Hall–Kier alpha value is -4.34. The Morgan fingerprint density at radius 3 is 2.63 bits per heavy atom. The first-order chi connectivity index (χ1) is 17.0. The Balaban J connectivity index is 1.53. The third-order valence-corrected chi connectivity index (χ3v) is 5.32. The minimum Gasteiger partial charge on any atom is -0.493 e. The number of nitrogens with one attached hydrogen (secondary N) is 1. The highest BCUT2D eigenvalue weighted by atomic mass is 19.1. The van der Waals surface area contributed by atoms with Crippen LogP contribution in [-0.2, 0) is 11.3 Å². The quantitative estimate of drug-likeness (QED) is 0.462. The van der Waals surface area contributed by atoms with Crippen LogP contribution in [-0.4, -0.2) is 42.8 Å².